The number of aromatic hydroxyl groups is 1. The number of para-hydroxylation sites is 1. The quantitative estimate of drug-likeness (QED) is 0.569. The van der Waals surface area contributed by atoms with E-state index < -0.39 is 5.97 Å². The van der Waals surface area contributed by atoms with Crippen molar-refractivity contribution in [3.8, 4) is 17.6 Å². The molecular formula is C10H9NO3. The first kappa shape index (κ1) is 10.1. The minimum absolute atomic E-state index is 0.0677. The molecule has 0 fully saturated rings. The van der Waals surface area contributed by atoms with Gasteiger partial charge in [-0.15, -0.1) is 0 Å². The fourth-order valence-corrected chi connectivity index (χ4v) is 0.906. The van der Waals surface area contributed by atoms with Crippen molar-refractivity contribution < 1.29 is 14.6 Å². The van der Waals surface area contributed by atoms with Crippen LogP contribution < -0.4 is 4.74 Å². The highest BCUT2D eigenvalue weighted by Crippen LogP contribution is 2.29. The third-order valence-corrected chi connectivity index (χ3v) is 1.62. The molecule has 0 aliphatic carbocycles. The summed E-state index contributed by atoms with van der Waals surface area (Å²) in [5.41, 5.74) is 0.145. The second-order valence-corrected chi connectivity index (χ2v) is 2.59. The zero-order valence-electron chi connectivity index (χ0n) is 7.65. The molecule has 0 atom stereocenters. The van der Waals surface area contributed by atoms with Crippen molar-refractivity contribution in [2.24, 2.45) is 0 Å². The number of nitrogens with zero attached hydrogens (tertiary/aromatic N) is 1. The molecule has 72 valence electrons. The number of carbonyl (C=O) groups is 1. The molecule has 0 amide bonds. The van der Waals surface area contributed by atoms with Crippen molar-refractivity contribution >= 4 is 5.97 Å². The van der Waals surface area contributed by atoms with E-state index in [0.29, 0.717) is 0 Å². The van der Waals surface area contributed by atoms with Crippen molar-refractivity contribution in [1.82, 2.24) is 0 Å². The highest BCUT2D eigenvalue weighted by Gasteiger charge is 2.11. The van der Waals surface area contributed by atoms with Crippen LogP contribution in [0.15, 0.2) is 18.2 Å². The Bertz CT molecular complexity index is 393. The van der Waals surface area contributed by atoms with Crippen LogP contribution in [0.4, 0.5) is 0 Å². The lowest BCUT2D eigenvalue weighted by Crippen LogP contribution is -2.06. The molecule has 4 nitrogen and oxygen atoms in total. The summed E-state index contributed by atoms with van der Waals surface area (Å²) in [6.07, 6.45) is 0.194. The first-order valence-electron chi connectivity index (χ1n) is 4.11. The Balaban J connectivity index is 3.06. The van der Waals surface area contributed by atoms with E-state index in [1.54, 1.807) is 6.92 Å². The Kier molecular flexibility index (Phi) is 3.08. The zero-order valence-corrected chi connectivity index (χ0v) is 7.65. The summed E-state index contributed by atoms with van der Waals surface area (Å²) in [4.78, 5) is 11.0. The van der Waals surface area contributed by atoms with Crippen LogP contribution in [0.5, 0.6) is 11.5 Å². The molecule has 0 aromatic heterocycles. The van der Waals surface area contributed by atoms with Crippen LogP contribution in [0, 0.1) is 11.3 Å². The van der Waals surface area contributed by atoms with E-state index in [-0.39, 0.29) is 23.5 Å². The van der Waals surface area contributed by atoms with E-state index in [1.807, 2.05) is 6.07 Å². The number of rotatable bonds is 2. The third kappa shape index (κ3) is 2.02. The maximum Gasteiger partial charge on any atom is 0.311 e. The fraction of sp³-hybridized carbons (Fsp3) is 0.200. The van der Waals surface area contributed by atoms with Gasteiger partial charge in [0.25, 0.3) is 0 Å². The van der Waals surface area contributed by atoms with Crippen molar-refractivity contribution in [1.29, 1.82) is 5.26 Å². The number of nitriles is 1. The number of phenolic OH excluding ortho intramolecular Hbond substituents is 1. The number of hydrogen-bond donors (Lipinski definition) is 1. The number of esters is 1. The Hall–Kier alpha value is -2.02. The molecule has 4 heteroatoms. The first-order chi connectivity index (χ1) is 6.69. The normalized spacial score (nSPS) is 9.14. The van der Waals surface area contributed by atoms with Gasteiger partial charge in [-0.25, -0.2) is 0 Å². The Labute approximate surface area is 81.4 Å². The Morgan fingerprint density at radius 2 is 2.36 bits per heavy atom. The van der Waals surface area contributed by atoms with Gasteiger partial charge >= 0.3 is 5.97 Å². The maximum atomic E-state index is 11.0. The predicted octanol–water partition coefficient (Wildman–Crippen LogP) is 1.58. The van der Waals surface area contributed by atoms with Crippen LogP contribution in [-0.2, 0) is 4.79 Å². The molecule has 1 N–H and O–H groups in total. The topological polar surface area (TPSA) is 70.3 Å². The van der Waals surface area contributed by atoms with Gasteiger partial charge in [-0.1, -0.05) is 13.0 Å². The fourth-order valence-electron chi connectivity index (χ4n) is 0.906. The second-order valence-electron chi connectivity index (χ2n) is 2.59. The Morgan fingerprint density at radius 1 is 1.64 bits per heavy atom. The second kappa shape index (κ2) is 4.28. The molecule has 0 bridgehead atoms. The lowest BCUT2D eigenvalue weighted by Gasteiger charge is -2.05. The minimum atomic E-state index is -0.483. The molecule has 1 aromatic rings. The lowest BCUT2D eigenvalue weighted by atomic mass is 10.2. The van der Waals surface area contributed by atoms with E-state index >= 15 is 0 Å². The summed E-state index contributed by atoms with van der Waals surface area (Å²) < 4.78 is 4.80. The number of carbonyl (C=O) groups excluding carboxylic acids is 1. The summed E-state index contributed by atoms with van der Waals surface area (Å²) in [6.45, 7) is 1.63. The van der Waals surface area contributed by atoms with Gasteiger partial charge in [-0.05, 0) is 12.1 Å². The monoisotopic (exact) mass is 191 g/mol. The Morgan fingerprint density at radius 3 is 2.93 bits per heavy atom. The van der Waals surface area contributed by atoms with E-state index in [1.165, 1.54) is 18.2 Å². The van der Waals surface area contributed by atoms with Crippen LogP contribution in [0.3, 0.4) is 0 Å². The molecular weight excluding hydrogens is 182 g/mol. The van der Waals surface area contributed by atoms with Crippen LogP contribution in [0.25, 0.3) is 0 Å². The number of phenols is 1. The van der Waals surface area contributed by atoms with E-state index in [9.17, 15) is 9.90 Å². The van der Waals surface area contributed by atoms with Gasteiger partial charge in [0, 0.05) is 6.42 Å². The standard InChI is InChI=1S/C10H9NO3/c1-2-9(13)14-10-7(6-11)4-3-5-8(10)12/h3-5,12H,2H2,1H3. The van der Waals surface area contributed by atoms with E-state index in [2.05, 4.69) is 0 Å². The zero-order chi connectivity index (χ0) is 10.6. The van der Waals surface area contributed by atoms with Gasteiger partial charge in [0.05, 0.1) is 5.56 Å². The SMILES string of the molecule is CCC(=O)Oc1c(O)cccc1C#N. The van der Waals surface area contributed by atoms with Gasteiger partial charge in [-0.3, -0.25) is 4.79 Å². The molecule has 0 spiro atoms. The van der Waals surface area contributed by atoms with Crippen LogP contribution in [-0.4, -0.2) is 11.1 Å². The van der Waals surface area contributed by atoms with Crippen molar-refractivity contribution in [3.05, 3.63) is 23.8 Å². The van der Waals surface area contributed by atoms with Crippen LogP contribution in [0.2, 0.25) is 0 Å². The summed E-state index contributed by atoms with van der Waals surface area (Å²) in [6, 6.07) is 6.17. The number of benzene rings is 1. The molecule has 0 aliphatic heterocycles. The molecule has 0 radical (unpaired) electrons. The molecule has 0 unspecified atom stereocenters. The molecule has 0 saturated heterocycles. The largest absolute Gasteiger partial charge is 0.504 e. The third-order valence-electron chi connectivity index (χ3n) is 1.62. The molecule has 0 heterocycles. The maximum absolute atomic E-state index is 11.0. The van der Waals surface area contributed by atoms with Gasteiger partial charge in [0.1, 0.15) is 6.07 Å². The summed E-state index contributed by atoms with van der Waals surface area (Å²) in [5.74, 6) is -0.754. The van der Waals surface area contributed by atoms with E-state index in [4.69, 9.17) is 10.00 Å². The van der Waals surface area contributed by atoms with Crippen molar-refractivity contribution in [2.75, 3.05) is 0 Å². The van der Waals surface area contributed by atoms with Crippen molar-refractivity contribution in [3.63, 3.8) is 0 Å². The van der Waals surface area contributed by atoms with Gasteiger partial charge in [0.15, 0.2) is 11.5 Å². The average molecular weight is 191 g/mol. The summed E-state index contributed by atoms with van der Waals surface area (Å²) in [5, 5.41) is 18.0. The molecule has 1 rings (SSSR count). The number of hydrogen-bond acceptors (Lipinski definition) is 4. The highest BCUT2D eigenvalue weighted by molar-refractivity contribution is 5.74. The summed E-state index contributed by atoms with van der Waals surface area (Å²) in [7, 11) is 0. The number of ether oxygens (including phenoxy) is 1. The van der Waals surface area contributed by atoms with Gasteiger partial charge in [-0.2, -0.15) is 5.26 Å². The highest BCUT2D eigenvalue weighted by atomic mass is 16.5. The predicted molar refractivity (Wildman–Crippen MR) is 48.7 cm³/mol. The molecule has 14 heavy (non-hydrogen) atoms. The minimum Gasteiger partial charge on any atom is -0.504 e. The smallest absolute Gasteiger partial charge is 0.311 e. The molecule has 0 saturated carbocycles. The van der Waals surface area contributed by atoms with E-state index in [0.717, 1.165) is 0 Å². The van der Waals surface area contributed by atoms with Gasteiger partial charge < -0.3 is 9.84 Å². The van der Waals surface area contributed by atoms with Crippen molar-refractivity contribution in [2.45, 2.75) is 13.3 Å². The van der Waals surface area contributed by atoms with Gasteiger partial charge in [0.2, 0.25) is 0 Å². The molecule has 1 aromatic carbocycles. The van der Waals surface area contributed by atoms with Crippen LogP contribution in [0.1, 0.15) is 18.9 Å². The first-order valence-corrected chi connectivity index (χ1v) is 4.11. The van der Waals surface area contributed by atoms with Crippen LogP contribution >= 0.6 is 0 Å². The molecule has 0 aliphatic rings. The lowest BCUT2D eigenvalue weighted by molar-refractivity contribution is -0.134. The summed E-state index contributed by atoms with van der Waals surface area (Å²) >= 11 is 0. The average Bonchev–Trinajstić information content (AvgIpc) is 2.20.